The SMILES string of the molecule is CCn1c(C(=O)Nc2cc(Cl)c(Cl)cc2Cl)c(C)c2ccccc21. The average molecular weight is 382 g/mol. The van der Waals surface area contributed by atoms with Crippen LogP contribution in [0.25, 0.3) is 10.9 Å². The van der Waals surface area contributed by atoms with Crippen molar-refractivity contribution in [2.24, 2.45) is 0 Å². The topological polar surface area (TPSA) is 34.0 Å². The molecule has 0 saturated carbocycles. The van der Waals surface area contributed by atoms with Crippen LogP contribution in [0.15, 0.2) is 36.4 Å². The van der Waals surface area contributed by atoms with Gasteiger partial charge < -0.3 is 9.88 Å². The first-order chi connectivity index (χ1) is 11.4. The zero-order valence-electron chi connectivity index (χ0n) is 13.2. The molecule has 124 valence electrons. The standard InChI is InChI=1S/C18H15Cl3N2O/c1-3-23-16-7-5-4-6-11(16)10(2)17(23)18(24)22-15-9-13(20)12(19)8-14(15)21/h4-9H,3H2,1-2H3,(H,22,24). The number of carbonyl (C=O) groups excluding carboxylic acids is 1. The van der Waals surface area contributed by atoms with E-state index in [1.807, 2.05) is 42.7 Å². The highest BCUT2D eigenvalue weighted by Crippen LogP contribution is 2.33. The van der Waals surface area contributed by atoms with Gasteiger partial charge in [-0.1, -0.05) is 53.0 Å². The molecule has 0 unspecified atom stereocenters. The lowest BCUT2D eigenvalue weighted by molar-refractivity contribution is 0.101. The summed E-state index contributed by atoms with van der Waals surface area (Å²) in [5.41, 5.74) is 3.01. The summed E-state index contributed by atoms with van der Waals surface area (Å²) < 4.78 is 1.99. The number of aromatic nitrogens is 1. The first kappa shape index (κ1) is 17.2. The van der Waals surface area contributed by atoms with Gasteiger partial charge in [0.1, 0.15) is 5.69 Å². The van der Waals surface area contributed by atoms with Crippen LogP contribution in [0, 0.1) is 6.92 Å². The predicted octanol–water partition coefficient (Wildman–Crippen LogP) is 6.18. The molecule has 6 heteroatoms. The summed E-state index contributed by atoms with van der Waals surface area (Å²) in [5.74, 6) is -0.231. The van der Waals surface area contributed by atoms with Crippen molar-refractivity contribution >= 4 is 57.3 Å². The molecule has 0 fully saturated rings. The minimum absolute atomic E-state index is 0.231. The first-order valence-corrected chi connectivity index (χ1v) is 8.61. The number of aryl methyl sites for hydroxylation is 2. The highest BCUT2D eigenvalue weighted by molar-refractivity contribution is 6.44. The molecule has 0 bridgehead atoms. The molecule has 1 amide bonds. The van der Waals surface area contributed by atoms with E-state index >= 15 is 0 Å². The second-order valence-corrected chi connectivity index (χ2v) is 6.66. The van der Waals surface area contributed by atoms with Gasteiger partial charge in [-0.2, -0.15) is 0 Å². The molecule has 0 aliphatic carbocycles. The molecule has 3 rings (SSSR count). The first-order valence-electron chi connectivity index (χ1n) is 7.47. The van der Waals surface area contributed by atoms with Crippen molar-refractivity contribution in [1.29, 1.82) is 0 Å². The van der Waals surface area contributed by atoms with Gasteiger partial charge in [-0.3, -0.25) is 4.79 Å². The zero-order chi connectivity index (χ0) is 17.4. The number of fused-ring (bicyclic) bond motifs is 1. The summed E-state index contributed by atoms with van der Waals surface area (Å²) in [6.07, 6.45) is 0. The van der Waals surface area contributed by atoms with Crippen LogP contribution in [0.4, 0.5) is 5.69 Å². The van der Waals surface area contributed by atoms with Crippen LogP contribution in [0.5, 0.6) is 0 Å². The van der Waals surface area contributed by atoms with Crippen molar-refractivity contribution in [2.75, 3.05) is 5.32 Å². The number of amides is 1. The smallest absolute Gasteiger partial charge is 0.272 e. The van der Waals surface area contributed by atoms with Crippen molar-refractivity contribution in [1.82, 2.24) is 4.57 Å². The van der Waals surface area contributed by atoms with E-state index in [1.54, 1.807) is 6.07 Å². The molecule has 3 nitrogen and oxygen atoms in total. The van der Waals surface area contributed by atoms with Gasteiger partial charge in [-0.25, -0.2) is 0 Å². The van der Waals surface area contributed by atoms with Gasteiger partial charge in [0, 0.05) is 17.4 Å². The summed E-state index contributed by atoms with van der Waals surface area (Å²) in [7, 11) is 0. The van der Waals surface area contributed by atoms with Gasteiger partial charge in [0.2, 0.25) is 0 Å². The highest BCUT2D eigenvalue weighted by atomic mass is 35.5. The Labute approximate surface area is 155 Å². The summed E-state index contributed by atoms with van der Waals surface area (Å²) in [6.45, 7) is 4.64. The third-order valence-corrected chi connectivity index (χ3v) is 5.05. The number of nitrogens with zero attached hydrogens (tertiary/aromatic N) is 1. The Bertz CT molecular complexity index is 947. The Kier molecular flexibility index (Phi) is 4.77. The van der Waals surface area contributed by atoms with E-state index in [0.29, 0.717) is 33.0 Å². The minimum atomic E-state index is -0.231. The van der Waals surface area contributed by atoms with Crippen molar-refractivity contribution < 1.29 is 4.79 Å². The highest BCUT2D eigenvalue weighted by Gasteiger charge is 2.20. The van der Waals surface area contributed by atoms with Crippen molar-refractivity contribution in [3.63, 3.8) is 0 Å². The Morgan fingerprint density at radius 2 is 1.75 bits per heavy atom. The van der Waals surface area contributed by atoms with Gasteiger partial charge in [0.05, 0.1) is 20.8 Å². The van der Waals surface area contributed by atoms with E-state index in [1.165, 1.54) is 6.07 Å². The van der Waals surface area contributed by atoms with Gasteiger partial charge in [-0.05, 0) is 37.6 Å². The number of nitrogens with one attached hydrogen (secondary N) is 1. The molecular formula is C18H15Cl3N2O. The fourth-order valence-electron chi connectivity index (χ4n) is 2.90. The number of hydrogen-bond acceptors (Lipinski definition) is 1. The zero-order valence-corrected chi connectivity index (χ0v) is 15.4. The van der Waals surface area contributed by atoms with Crippen LogP contribution in [0.3, 0.4) is 0 Å². The Balaban J connectivity index is 2.07. The molecule has 0 aliphatic heterocycles. The third-order valence-electron chi connectivity index (χ3n) is 4.01. The van der Waals surface area contributed by atoms with E-state index in [2.05, 4.69) is 5.32 Å². The summed E-state index contributed by atoms with van der Waals surface area (Å²) in [4.78, 5) is 12.9. The maximum Gasteiger partial charge on any atom is 0.272 e. The minimum Gasteiger partial charge on any atom is -0.337 e. The number of carbonyl (C=O) groups is 1. The maximum atomic E-state index is 12.9. The van der Waals surface area contributed by atoms with Crippen LogP contribution in [0.1, 0.15) is 23.0 Å². The Morgan fingerprint density at radius 1 is 1.08 bits per heavy atom. The predicted molar refractivity (Wildman–Crippen MR) is 102 cm³/mol. The number of benzene rings is 2. The van der Waals surface area contributed by atoms with Crippen molar-refractivity contribution in [3.8, 4) is 0 Å². The van der Waals surface area contributed by atoms with Gasteiger partial charge in [-0.15, -0.1) is 0 Å². The number of halogens is 3. The quantitative estimate of drug-likeness (QED) is 0.540. The van der Waals surface area contributed by atoms with Gasteiger partial charge >= 0.3 is 0 Å². The summed E-state index contributed by atoms with van der Waals surface area (Å²) in [6, 6.07) is 11.0. The molecular weight excluding hydrogens is 367 g/mol. The van der Waals surface area contributed by atoms with E-state index in [9.17, 15) is 4.79 Å². The molecule has 2 aromatic carbocycles. The van der Waals surface area contributed by atoms with Crippen molar-refractivity contribution in [3.05, 3.63) is 62.7 Å². The lowest BCUT2D eigenvalue weighted by atomic mass is 10.1. The third kappa shape index (κ3) is 2.88. The summed E-state index contributed by atoms with van der Waals surface area (Å²) in [5, 5.41) is 4.92. The second kappa shape index (κ2) is 6.67. The molecule has 24 heavy (non-hydrogen) atoms. The fourth-order valence-corrected chi connectivity index (χ4v) is 3.49. The molecule has 1 N–H and O–H groups in total. The van der Waals surface area contributed by atoms with Crippen LogP contribution in [-0.4, -0.2) is 10.5 Å². The number of para-hydroxylation sites is 1. The largest absolute Gasteiger partial charge is 0.337 e. The van der Waals surface area contributed by atoms with Crippen LogP contribution >= 0.6 is 34.8 Å². The Morgan fingerprint density at radius 3 is 2.46 bits per heavy atom. The number of hydrogen-bond donors (Lipinski definition) is 1. The monoisotopic (exact) mass is 380 g/mol. The molecule has 1 heterocycles. The van der Waals surface area contributed by atoms with Gasteiger partial charge in [0.15, 0.2) is 0 Å². The number of rotatable bonds is 3. The molecule has 3 aromatic rings. The number of anilines is 1. The van der Waals surface area contributed by atoms with E-state index in [-0.39, 0.29) is 5.91 Å². The maximum absolute atomic E-state index is 12.9. The molecule has 0 saturated heterocycles. The van der Waals surface area contributed by atoms with Crippen molar-refractivity contribution in [2.45, 2.75) is 20.4 Å². The van der Waals surface area contributed by atoms with Crippen LogP contribution in [0.2, 0.25) is 15.1 Å². The van der Waals surface area contributed by atoms with Crippen LogP contribution in [-0.2, 0) is 6.54 Å². The second-order valence-electron chi connectivity index (χ2n) is 5.44. The molecule has 0 aliphatic rings. The lowest BCUT2D eigenvalue weighted by Crippen LogP contribution is -2.18. The normalized spacial score (nSPS) is 11.0. The fraction of sp³-hybridized carbons (Fsp3) is 0.167. The lowest BCUT2D eigenvalue weighted by Gasteiger charge is -2.12. The van der Waals surface area contributed by atoms with Gasteiger partial charge in [0.25, 0.3) is 5.91 Å². The molecule has 0 radical (unpaired) electrons. The van der Waals surface area contributed by atoms with Crippen LogP contribution < -0.4 is 5.32 Å². The average Bonchev–Trinajstić information content (AvgIpc) is 2.85. The molecule has 0 spiro atoms. The van der Waals surface area contributed by atoms with E-state index in [4.69, 9.17) is 34.8 Å². The summed E-state index contributed by atoms with van der Waals surface area (Å²) >= 11 is 18.1. The Hall–Kier alpha value is -1.68. The van der Waals surface area contributed by atoms with E-state index in [0.717, 1.165) is 16.5 Å². The molecule has 1 aromatic heterocycles. The molecule has 0 atom stereocenters. The van der Waals surface area contributed by atoms with E-state index < -0.39 is 0 Å².